The monoisotopic (exact) mass is 381 g/mol. The summed E-state index contributed by atoms with van der Waals surface area (Å²) in [7, 11) is 0. The summed E-state index contributed by atoms with van der Waals surface area (Å²) in [5.74, 6) is 0. The Morgan fingerprint density at radius 1 is 1.24 bits per heavy atom. The summed E-state index contributed by atoms with van der Waals surface area (Å²) >= 11 is 4.19. The van der Waals surface area contributed by atoms with Crippen LogP contribution in [0.3, 0.4) is 0 Å². The van der Waals surface area contributed by atoms with Crippen LogP contribution in [0.25, 0.3) is 10.9 Å². The van der Waals surface area contributed by atoms with Gasteiger partial charge >= 0.3 is 27.9 Å². The predicted octanol–water partition coefficient (Wildman–Crippen LogP) is 1.40. The van der Waals surface area contributed by atoms with Gasteiger partial charge in [-0.1, -0.05) is 0 Å². The van der Waals surface area contributed by atoms with Crippen LogP contribution in [-0.2, 0) is 17.0 Å². The molecular weight excluding hydrogens is 370 g/mol. The Kier molecular flexibility index (Phi) is 4.91. The van der Waals surface area contributed by atoms with Crippen molar-refractivity contribution in [3.8, 4) is 0 Å². The van der Waals surface area contributed by atoms with Crippen LogP contribution >= 0.6 is 22.6 Å². The van der Waals surface area contributed by atoms with Gasteiger partial charge in [0.15, 0.2) is 0 Å². The first-order valence-corrected chi connectivity index (χ1v) is 6.81. The van der Waals surface area contributed by atoms with E-state index in [1.54, 1.807) is 0 Å². The number of nitrogens with one attached hydrogen (secondary N) is 2. The summed E-state index contributed by atoms with van der Waals surface area (Å²) in [5.41, 5.74) is 1.93. The molecule has 0 spiro atoms. The number of aromatic amines is 2. The minimum absolute atomic E-state index is 0.332. The average molecular weight is 381 g/mol. The molecule has 0 radical (unpaired) electrons. The molecule has 89 valence electrons. The van der Waals surface area contributed by atoms with Crippen molar-refractivity contribution >= 4 is 38.7 Å². The van der Waals surface area contributed by atoms with Crippen molar-refractivity contribution in [2.45, 2.75) is 13.8 Å². The minimum atomic E-state index is -0.466. The molecular formula is C11H11IN2O2V. The Hall–Kier alpha value is -0.656. The van der Waals surface area contributed by atoms with Gasteiger partial charge in [0.25, 0.3) is 5.56 Å². The summed E-state index contributed by atoms with van der Waals surface area (Å²) in [6.07, 6.45) is 0. The molecule has 0 aliphatic carbocycles. The SMILES string of the molecule is Cc1cc2[nH]c(=O)[nH]c(=O)c2c(I)c1C.[CH2]=[V]. The van der Waals surface area contributed by atoms with E-state index in [9.17, 15) is 9.59 Å². The van der Waals surface area contributed by atoms with E-state index in [2.05, 4.69) is 54.8 Å². The first kappa shape index (κ1) is 14.4. The van der Waals surface area contributed by atoms with E-state index in [0.29, 0.717) is 10.9 Å². The van der Waals surface area contributed by atoms with E-state index in [4.69, 9.17) is 0 Å². The fourth-order valence-electron chi connectivity index (χ4n) is 1.52. The summed E-state index contributed by atoms with van der Waals surface area (Å²) in [6, 6.07) is 1.82. The molecule has 6 heteroatoms. The zero-order chi connectivity index (χ0) is 13.2. The molecule has 0 bridgehead atoms. The second-order valence-electron chi connectivity index (χ2n) is 3.46. The van der Waals surface area contributed by atoms with Gasteiger partial charge < -0.3 is 4.98 Å². The first-order valence-electron chi connectivity index (χ1n) is 4.74. The van der Waals surface area contributed by atoms with Gasteiger partial charge in [-0.3, -0.25) is 9.78 Å². The second-order valence-corrected chi connectivity index (χ2v) is 4.54. The van der Waals surface area contributed by atoms with E-state index in [-0.39, 0.29) is 5.56 Å². The number of hydrogen-bond donors (Lipinski definition) is 2. The number of halogens is 1. The number of rotatable bonds is 0. The van der Waals surface area contributed by atoms with E-state index >= 15 is 0 Å². The molecule has 2 rings (SSSR count). The van der Waals surface area contributed by atoms with Gasteiger partial charge in [-0.15, -0.1) is 0 Å². The van der Waals surface area contributed by atoms with Crippen molar-refractivity contribution in [3.63, 3.8) is 0 Å². The quantitative estimate of drug-likeness (QED) is 0.678. The van der Waals surface area contributed by atoms with Gasteiger partial charge in [0, 0.05) is 3.57 Å². The molecule has 0 saturated heterocycles. The maximum absolute atomic E-state index is 11.6. The third-order valence-corrected chi connectivity index (χ3v) is 3.82. The van der Waals surface area contributed by atoms with E-state index < -0.39 is 5.69 Å². The standard InChI is InChI=1S/C10H9IN2O2.CH2.V/c1-4-3-6-7(8(11)5(4)2)9(14)13-10(15)12-6;;/h3H,1-2H3,(H2,12,13,14,15);1H2;. The van der Waals surface area contributed by atoms with Crippen molar-refractivity contribution in [1.82, 2.24) is 9.97 Å². The zero-order valence-corrected chi connectivity index (χ0v) is 13.0. The van der Waals surface area contributed by atoms with Gasteiger partial charge in [0.1, 0.15) is 0 Å². The van der Waals surface area contributed by atoms with Crippen molar-refractivity contribution in [3.05, 3.63) is 41.6 Å². The molecule has 0 aliphatic rings. The normalized spacial score (nSPS) is 9.76. The molecule has 2 aromatic rings. The van der Waals surface area contributed by atoms with Crippen LogP contribution in [0.2, 0.25) is 0 Å². The fraction of sp³-hybridized carbons (Fsp3) is 0.182. The Balaban J connectivity index is 0.000000686. The molecule has 0 atom stereocenters. The number of benzene rings is 1. The summed E-state index contributed by atoms with van der Waals surface area (Å²) in [6.45, 7) is 3.91. The third-order valence-electron chi connectivity index (χ3n) is 2.47. The summed E-state index contributed by atoms with van der Waals surface area (Å²) in [4.78, 5) is 27.6. The van der Waals surface area contributed by atoms with Gasteiger partial charge in [0.2, 0.25) is 0 Å². The van der Waals surface area contributed by atoms with Crippen LogP contribution in [0.4, 0.5) is 0 Å². The Morgan fingerprint density at radius 3 is 2.41 bits per heavy atom. The van der Waals surface area contributed by atoms with Crippen LogP contribution in [0.1, 0.15) is 11.1 Å². The molecule has 17 heavy (non-hydrogen) atoms. The molecule has 0 saturated carbocycles. The van der Waals surface area contributed by atoms with Crippen LogP contribution in [0.5, 0.6) is 0 Å². The second kappa shape index (κ2) is 5.79. The summed E-state index contributed by atoms with van der Waals surface area (Å²) < 4.78 is 0.889. The van der Waals surface area contributed by atoms with Crippen LogP contribution in [0.15, 0.2) is 15.7 Å². The van der Waals surface area contributed by atoms with Gasteiger partial charge in [-0.2, -0.15) is 0 Å². The van der Waals surface area contributed by atoms with Gasteiger partial charge in [0.05, 0.1) is 10.9 Å². The Bertz CT molecular complexity index is 675. The third kappa shape index (κ3) is 2.78. The van der Waals surface area contributed by atoms with Crippen molar-refractivity contribution < 1.29 is 17.0 Å². The fourth-order valence-corrected chi connectivity index (χ4v) is 2.48. The molecule has 0 fully saturated rings. The van der Waals surface area contributed by atoms with Crippen LogP contribution in [0, 0.1) is 17.4 Å². The van der Waals surface area contributed by atoms with Gasteiger partial charge in [-0.05, 0) is 53.6 Å². The maximum atomic E-state index is 11.6. The molecule has 1 aromatic carbocycles. The molecule has 4 nitrogen and oxygen atoms in total. The van der Waals surface area contributed by atoms with E-state index in [1.807, 2.05) is 19.9 Å². The number of fused-ring (bicyclic) bond motifs is 1. The Morgan fingerprint density at radius 2 is 1.82 bits per heavy atom. The van der Waals surface area contributed by atoms with Crippen LogP contribution < -0.4 is 11.2 Å². The van der Waals surface area contributed by atoms with E-state index in [0.717, 1.165) is 14.7 Å². The van der Waals surface area contributed by atoms with Gasteiger partial charge in [-0.25, -0.2) is 4.79 Å². The number of aromatic nitrogens is 2. The first-order chi connectivity index (χ1) is 8.00. The topological polar surface area (TPSA) is 65.7 Å². The van der Waals surface area contributed by atoms with Crippen molar-refractivity contribution in [2.75, 3.05) is 0 Å². The molecule has 0 amide bonds. The summed E-state index contributed by atoms with van der Waals surface area (Å²) in [5, 5.41) is 3.74. The van der Waals surface area contributed by atoms with Crippen molar-refractivity contribution in [1.29, 1.82) is 0 Å². The van der Waals surface area contributed by atoms with Crippen LogP contribution in [-0.4, -0.2) is 15.2 Å². The number of hydrogen-bond acceptors (Lipinski definition) is 2. The molecule has 0 unspecified atom stereocenters. The van der Waals surface area contributed by atoms with E-state index in [1.165, 1.54) is 0 Å². The Labute approximate surface area is 120 Å². The molecule has 1 aromatic heterocycles. The molecule has 1 heterocycles. The molecule has 0 aliphatic heterocycles. The molecule has 2 N–H and O–H groups in total. The number of H-pyrrole nitrogens is 2. The number of aryl methyl sites for hydroxylation is 1. The zero-order valence-electron chi connectivity index (χ0n) is 9.43. The predicted molar refractivity (Wildman–Crippen MR) is 74.5 cm³/mol. The van der Waals surface area contributed by atoms with Crippen molar-refractivity contribution in [2.24, 2.45) is 0 Å². The average Bonchev–Trinajstić information content (AvgIpc) is 2.27.